The standard InChI is InChI=1S/C8H17S2/c1-2-3-4-5-6-7-8-10-9/h3,9H,2,4-8H2,1H3. The van der Waals surface area contributed by atoms with Crippen molar-refractivity contribution in [1.29, 1.82) is 0 Å². The van der Waals surface area contributed by atoms with Crippen molar-refractivity contribution in [1.82, 2.24) is 0 Å². The minimum atomic E-state index is 1.20. The Kier molecular flexibility index (Phi) is 10.4. The van der Waals surface area contributed by atoms with Crippen LogP contribution in [0.15, 0.2) is 0 Å². The first kappa shape index (κ1) is 10.7. The van der Waals surface area contributed by atoms with Gasteiger partial charge in [-0.3, -0.25) is 0 Å². The minimum Gasteiger partial charge on any atom is -0.111 e. The van der Waals surface area contributed by atoms with E-state index >= 15 is 0 Å². The monoisotopic (exact) mass is 177 g/mol. The van der Waals surface area contributed by atoms with E-state index < -0.39 is 0 Å². The van der Waals surface area contributed by atoms with Gasteiger partial charge in [0.25, 0.3) is 0 Å². The van der Waals surface area contributed by atoms with Crippen LogP contribution in [0.4, 0.5) is 0 Å². The van der Waals surface area contributed by atoms with Crippen LogP contribution in [-0.2, 0) is 0 Å². The van der Waals surface area contributed by atoms with E-state index in [9.17, 15) is 0 Å². The van der Waals surface area contributed by atoms with Gasteiger partial charge in [0.2, 0.25) is 0 Å². The van der Waals surface area contributed by atoms with E-state index in [-0.39, 0.29) is 0 Å². The van der Waals surface area contributed by atoms with E-state index in [4.69, 9.17) is 0 Å². The normalized spacial score (nSPS) is 10.2. The lowest BCUT2D eigenvalue weighted by Gasteiger charge is -1.97. The van der Waals surface area contributed by atoms with Gasteiger partial charge in [0, 0.05) is 5.75 Å². The van der Waals surface area contributed by atoms with Crippen molar-refractivity contribution in [3.8, 4) is 0 Å². The largest absolute Gasteiger partial charge is 0.111 e. The molecule has 0 aliphatic carbocycles. The van der Waals surface area contributed by atoms with Gasteiger partial charge in [-0.15, -0.1) is 11.7 Å². The van der Waals surface area contributed by atoms with Crippen molar-refractivity contribution >= 4 is 22.5 Å². The first-order valence-electron chi connectivity index (χ1n) is 3.99. The fourth-order valence-electron chi connectivity index (χ4n) is 0.836. The highest BCUT2D eigenvalue weighted by atomic mass is 33.1. The van der Waals surface area contributed by atoms with Crippen LogP contribution in [0.1, 0.15) is 39.0 Å². The molecular formula is C8H17S2. The molecule has 0 aromatic rings. The average Bonchev–Trinajstić information content (AvgIpc) is 1.97. The van der Waals surface area contributed by atoms with Crippen molar-refractivity contribution in [3.05, 3.63) is 6.42 Å². The fraction of sp³-hybridized carbons (Fsp3) is 0.875. The summed E-state index contributed by atoms with van der Waals surface area (Å²) in [6.07, 6.45) is 8.93. The van der Waals surface area contributed by atoms with Crippen molar-refractivity contribution in [2.45, 2.75) is 39.0 Å². The summed E-state index contributed by atoms with van der Waals surface area (Å²) in [4.78, 5) is 0. The second-order valence-corrected chi connectivity index (χ2v) is 3.82. The molecule has 0 unspecified atom stereocenters. The number of rotatable bonds is 7. The molecular weight excluding hydrogens is 160 g/mol. The predicted molar refractivity (Wildman–Crippen MR) is 54.5 cm³/mol. The lowest BCUT2D eigenvalue weighted by atomic mass is 10.1. The molecule has 0 aromatic carbocycles. The van der Waals surface area contributed by atoms with Crippen LogP contribution >= 0.6 is 22.5 Å². The molecule has 0 atom stereocenters. The zero-order valence-corrected chi connectivity index (χ0v) is 8.39. The first-order valence-corrected chi connectivity index (χ1v) is 6.03. The highest BCUT2D eigenvalue weighted by Crippen LogP contribution is 2.10. The topological polar surface area (TPSA) is 0 Å². The van der Waals surface area contributed by atoms with Crippen LogP contribution in [-0.4, -0.2) is 5.75 Å². The molecule has 0 rings (SSSR count). The van der Waals surface area contributed by atoms with Gasteiger partial charge in [0.1, 0.15) is 0 Å². The SMILES string of the molecule is CC[CH]CCCCCSS. The number of hydrogen-bond donors (Lipinski definition) is 1. The Morgan fingerprint density at radius 2 is 2.10 bits per heavy atom. The number of thiol groups is 1. The Bertz CT molecular complexity index is 47.2. The van der Waals surface area contributed by atoms with Crippen LogP contribution < -0.4 is 0 Å². The van der Waals surface area contributed by atoms with E-state index in [0.29, 0.717) is 0 Å². The molecule has 0 aliphatic heterocycles. The Labute approximate surface area is 74.0 Å². The van der Waals surface area contributed by atoms with Gasteiger partial charge in [0.15, 0.2) is 0 Å². The summed E-state index contributed by atoms with van der Waals surface area (Å²) in [5, 5.41) is 0. The molecule has 2 heteroatoms. The zero-order chi connectivity index (χ0) is 7.66. The summed E-state index contributed by atoms with van der Waals surface area (Å²) in [7, 11) is 1.65. The average molecular weight is 177 g/mol. The summed E-state index contributed by atoms with van der Waals surface area (Å²) in [5.74, 6) is 1.20. The highest BCUT2D eigenvalue weighted by molar-refractivity contribution is 8.68. The van der Waals surface area contributed by atoms with Crippen molar-refractivity contribution in [2.75, 3.05) is 5.75 Å². The fourth-order valence-corrected chi connectivity index (χ4v) is 1.56. The van der Waals surface area contributed by atoms with E-state index in [0.717, 1.165) is 0 Å². The second kappa shape index (κ2) is 9.70. The number of unbranched alkanes of at least 4 members (excludes halogenated alkanes) is 5. The molecule has 0 aromatic heterocycles. The van der Waals surface area contributed by atoms with Crippen LogP contribution in [0.2, 0.25) is 0 Å². The molecule has 61 valence electrons. The third-order valence-corrected chi connectivity index (χ3v) is 2.45. The van der Waals surface area contributed by atoms with Crippen molar-refractivity contribution in [3.63, 3.8) is 0 Å². The maximum Gasteiger partial charge on any atom is 0.00345 e. The van der Waals surface area contributed by atoms with Gasteiger partial charge in [-0.2, -0.15) is 0 Å². The molecule has 0 aliphatic rings. The van der Waals surface area contributed by atoms with Gasteiger partial charge in [-0.1, -0.05) is 43.4 Å². The van der Waals surface area contributed by atoms with Gasteiger partial charge < -0.3 is 0 Å². The summed E-state index contributed by atoms with van der Waals surface area (Å²) in [6.45, 7) is 2.20. The van der Waals surface area contributed by atoms with Gasteiger partial charge in [-0.05, 0) is 12.8 Å². The molecule has 0 nitrogen and oxygen atoms in total. The Hall–Kier alpha value is 0.700. The zero-order valence-electron chi connectivity index (χ0n) is 6.68. The second-order valence-electron chi connectivity index (χ2n) is 2.38. The van der Waals surface area contributed by atoms with Crippen LogP contribution in [0.25, 0.3) is 0 Å². The molecule has 0 spiro atoms. The Morgan fingerprint density at radius 3 is 2.70 bits per heavy atom. The molecule has 0 bridgehead atoms. The third-order valence-electron chi connectivity index (χ3n) is 1.43. The van der Waals surface area contributed by atoms with Crippen LogP contribution in [0, 0.1) is 6.42 Å². The van der Waals surface area contributed by atoms with Crippen molar-refractivity contribution < 1.29 is 0 Å². The van der Waals surface area contributed by atoms with Crippen LogP contribution in [0.3, 0.4) is 0 Å². The molecule has 1 radical (unpaired) electrons. The van der Waals surface area contributed by atoms with E-state index in [1.54, 1.807) is 10.8 Å². The lowest BCUT2D eigenvalue weighted by molar-refractivity contribution is 0.703. The molecule has 0 saturated carbocycles. The summed E-state index contributed by atoms with van der Waals surface area (Å²) < 4.78 is 0. The lowest BCUT2D eigenvalue weighted by Crippen LogP contribution is -1.80. The Morgan fingerprint density at radius 1 is 1.30 bits per heavy atom. The summed E-state index contributed by atoms with van der Waals surface area (Å²) in [6, 6.07) is 0. The van der Waals surface area contributed by atoms with Crippen molar-refractivity contribution in [2.24, 2.45) is 0 Å². The molecule has 0 fully saturated rings. The minimum absolute atomic E-state index is 1.20. The molecule has 0 saturated heterocycles. The smallest absolute Gasteiger partial charge is 0.00345 e. The first-order chi connectivity index (χ1) is 4.91. The van der Waals surface area contributed by atoms with Gasteiger partial charge >= 0.3 is 0 Å². The summed E-state index contributed by atoms with van der Waals surface area (Å²) in [5.41, 5.74) is 0. The quantitative estimate of drug-likeness (QED) is 0.351. The molecule has 10 heavy (non-hydrogen) atoms. The maximum atomic E-state index is 4.07. The molecule has 0 heterocycles. The third kappa shape index (κ3) is 8.70. The van der Waals surface area contributed by atoms with E-state index in [1.807, 2.05) is 0 Å². The van der Waals surface area contributed by atoms with Gasteiger partial charge in [0.05, 0.1) is 0 Å². The van der Waals surface area contributed by atoms with E-state index in [1.165, 1.54) is 37.9 Å². The predicted octanol–water partition coefficient (Wildman–Crippen LogP) is 3.74. The van der Waals surface area contributed by atoms with Crippen LogP contribution in [0.5, 0.6) is 0 Å². The highest BCUT2D eigenvalue weighted by Gasteiger charge is 1.88. The maximum absolute atomic E-state index is 4.07. The molecule has 0 amide bonds. The Balaban J connectivity index is 2.65. The number of hydrogen-bond acceptors (Lipinski definition) is 2. The summed E-state index contributed by atoms with van der Waals surface area (Å²) >= 11 is 4.07. The van der Waals surface area contributed by atoms with E-state index in [2.05, 4.69) is 25.0 Å². The molecule has 0 N–H and O–H groups in total. The van der Waals surface area contributed by atoms with Gasteiger partial charge in [-0.25, -0.2) is 0 Å².